The monoisotopic (exact) mass is 459 g/mol. The highest BCUT2D eigenvalue weighted by atomic mass is 35.5. The fourth-order valence-electron chi connectivity index (χ4n) is 3.87. The average Bonchev–Trinajstić information content (AvgIpc) is 3.08. The Hall–Kier alpha value is -2.90. The lowest BCUT2D eigenvalue weighted by Crippen LogP contribution is -2.53. The fourth-order valence-corrected chi connectivity index (χ4v) is 4.17. The smallest absolute Gasteiger partial charge is 0.255 e. The molecule has 4 amide bonds. The number of nitrogens with zero attached hydrogens (tertiary/aromatic N) is 2. The van der Waals surface area contributed by atoms with Gasteiger partial charge in [-0.3, -0.25) is 24.1 Å². The summed E-state index contributed by atoms with van der Waals surface area (Å²) in [6, 6.07) is 9.35. The van der Waals surface area contributed by atoms with E-state index in [4.69, 9.17) is 23.2 Å². The Morgan fingerprint density at radius 1 is 1.10 bits per heavy atom. The molecule has 0 radical (unpaired) electrons. The normalized spacial score (nSPS) is 18.4. The minimum Gasteiger partial charge on any atom is -0.348 e. The van der Waals surface area contributed by atoms with Gasteiger partial charge in [-0.2, -0.15) is 0 Å². The van der Waals surface area contributed by atoms with Crippen LogP contribution in [0.1, 0.15) is 44.7 Å². The Balaban J connectivity index is 1.45. The van der Waals surface area contributed by atoms with Crippen molar-refractivity contribution in [2.45, 2.75) is 32.0 Å². The van der Waals surface area contributed by atoms with Gasteiger partial charge in [-0.05, 0) is 41.8 Å². The van der Waals surface area contributed by atoms with Crippen molar-refractivity contribution in [3.8, 4) is 0 Å². The van der Waals surface area contributed by atoms with E-state index < -0.39 is 6.04 Å². The van der Waals surface area contributed by atoms with E-state index in [1.807, 2.05) is 6.07 Å². The number of carbonyl (C=O) groups excluding carboxylic acids is 4. The maximum absolute atomic E-state index is 12.8. The zero-order valence-corrected chi connectivity index (χ0v) is 18.2. The van der Waals surface area contributed by atoms with E-state index in [1.54, 1.807) is 24.3 Å². The number of likely N-dealkylation sites (N-methyl/N-ethyl adjacent to an activating group) is 1. The maximum atomic E-state index is 12.8. The standard InChI is InChI=1S/C22H19Cl2N3O4/c1-26-19(28)7-6-18(22(26)31)27-11-14-8-12(2-4-15(14)21(27)30)10-25-20(29)13-3-5-16(23)17(24)9-13/h2-5,8-9,18H,6-7,10-11H2,1H3,(H,25,29). The summed E-state index contributed by atoms with van der Waals surface area (Å²) in [6.45, 7) is 0.557. The average molecular weight is 460 g/mol. The van der Waals surface area contributed by atoms with Crippen molar-refractivity contribution in [3.05, 3.63) is 68.7 Å². The van der Waals surface area contributed by atoms with Gasteiger partial charge in [-0.1, -0.05) is 35.3 Å². The number of likely N-dealkylation sites (tertiary alicyclic amines) is 1. The summed E-state index contributed by atoms with van der Waals surface area (Å²) in [5.41, 5.74) is 2.54. The molecule has 4 rings (SSSR count). The molecule has 0 aromatic heterocycles. The molecule has 0 saturated carbocycles. The molecule has 1 N–H and O–H groups in total. The summed E-state index contributed by atoms with van der Waals surface area (Å²) in [4.78, 5) is 52.0. The number of benzene rings is 2. The van der Waals surface area contributed by atoms with E-state index in [9.17, 15) is 19.2 Å². The van der Waals surface area contributed by atoms with E-state index in [1.165, 1.54) is 18.0 Å². The van der Waals surface area contributed by atoms with Crippen LogP contribution in [0.15, 0.2) is 36.4 Å². The highest BCUT2D eigenvalue weighted by Gasteiger charge is 2.41. The number of rotatable bonds is 4. The first-order valence-electron chi connectivity index (χ1n) is 9.72. The Kier molecular flexibility index (Phi) is 5.73. The number of amides is 4. The Morgan fingerprint density at radius 2 is 1.87 bits per heavy atom. The molecule has 2 aromatic carbocycles. The number of halogens is 2. The summed E-state index contributed by atoms with van der Waals surface area (Å²) in [5, 5.41) is 3.49. The van der Waals surface area contributed by atoms with Gasteiger partial charge in [0.1, 0.15) is 6.04 Å². The third-order valence-electron chi connectivity index (χ3n) is 5.63. The van der Waals surface area contributed by atoms with Gasteiger partial charge in [-0.25, -0.2) is 0 Å². The van der Waals surface area contributed by atoms with E-state index in [-0.39, 0.29) is 36.6 Å². The van der Waals surface area contributed by atoms with E-state index in [0.29, 0.717) is 34.1 Å². The molecule has 31 heavy (non-hydrogen) atoms. The van der Waals surface area contributed by atoms with Crippen molar-refractivity contribution in [1.82, 2.24) is 15.1 Å². The third-order valence-corrected chi connectivity index (χ3v) is 6.37. The van der Waals surface area contributed by atoms with E-state index >= 15 is 0 Å². The summed E-state index contributed by atoms with van der Waals surface area (Å²) in [7, 11) is 1.44. The minimum atomic E-state index is -0.639. The maximum Gasteiger partial charge on any atom is 0.255 e. The first-order valence-corrected chi connectivity index (χ1v) is 10.5. The predicted octanol–water partition coefficient (Wildman–Crippen LogP) is 3.03. The number of carbonyl (C=O) groups is 4. The molecule has 7 nitrogen and oxygen atoms in total. The molecule has 0 bridgehead atoms. The zero-order chi connectivity index (χ0) is 22.3. The summed E-state index contributed by atoms with van der Waals surface area (Å²) in [6.07, 6.45) is 0.563. The quantitative estimate of drug-likeness (QED) is 0.711. The Bertz CT molecular complexity index is 1120. The second kappa shape index (κ2) is 8.32. The third kappa shape index (κ3) is 4.03. The van der Waals surface area contributed by atoms with Crippen molar-refractivity contribution >= 4 is 46.8 Å². The van der Waals surface area contributed by atoms with Crippen molar-refractivity contribution in [2.24, 2.45) is 0 Å². The minimum absolute atomic E-state index is 0.220. The van der Waals surface area contributed by atoms with Gasteiger partial charge >= 0.3 is 0 Å². The number of nitrogens with one attached hydrogen (secondary N) is 1. The van der Waals surface area contributed by atoms with Crippen LogP contribution < -0.4 is 5.32 Å². The van der Waals surface area contributed by atoms with Crippen LogP contribution in [-0.4, -0.2) is 46.5 Å². The number of hydrogen-bond acceptors (Lipinski definition) is 4. The van der Waals surface area contributed by atoms with Gasteiger partial charge in [0.05, 0.1) is 10.0 Å². The van der Waals surface area contributed by atoms with Crippen LogP contribution in [0.5, 0.6) is 0 Å². The van der Waals surface area contributed by atoms with Gasteiger partial charge in [0.25, 0.3) is 17.7 Å². The predicted molar refractivity (Wildman–Crippen MR) is 115 cm³/mol. The van der Waals surface area contributed by atoms with Crippen LogP contribution in [0.4, 0.5) is 0 Å². The molecule has 2 aliphatic heterocycles. The van der Waals surface area contributed by atoms with Crippen LogP contribution in [0.2, 0.25) is 10.0 Å². The van der Waals surface area contributed by atoms with Gasteiger partial charge < -0.3 is 10.2 Å². The highest BCUT2D eigenvalue weighted by Crippen LogP contribution is 2.29. The second-order valence-electron chi connectivity index (χ2n) is 7.58. The second-order valence-corrected chi connectivity index (χ2v) is 8.40. The molecule has 0 spiro atoms. The molecule has 2 aromatic rings. The largest absolute Gasteiger partial charge is 0.348 e. The molecule has 2 heterocycles. The molecular weight excluding hydrogens is 441 g/mol. The van der Waals surface area contributed by atoms with Gasteiger partial charge in [0, 0.05) is 37.7 Å². The van der Waals surface area contributed by atoms with Crippen molar-refractivity contribution in [3.63, 3.8) is 0 Å². The summed E-state index contributed by atoms with van der Waals surface area (Å²) >= 11 is 11.8. The highest BCUT2D eigenvalue weighted by molar-refractivity contribution is 6.42. The van der Waals surface area contributed by atoms with Crippen LogP contribution >= 0.6 is 23.2 Å². The first-order chi connectivity index (χ1) is 14.8. The molecule has 1 unspecified atom stereocenters. The van der Waals surface area contributed by atoms with Crippen molar-refractivity contribution in [2.75, 3.05) is 7.05 Å². The fraction of sp³-hybridized carbons (Fsp3) is 0.273. The Labute approximate surface area is 188 Å². The number of imide groups is 1. The number of fused-ring (bicyclic) bond motifs is 1. The van der Waals surface area contributed by atoms with Crippen LogP contribution in [-0.2, 0) is 22.7 Å². The van der Waals surface area contributed by atoms with Crippen molar-refractivity contribution in [1.29, 1.82) is 0 Å². The molecule has 160 valence electrons. The Morgan fingerprint density at radius 3 is 2.61 bits per heavy atom. The molecule has 2 aliphatic rings. The molecule has 1 fully saturated rings. The molecular formula is C22H19Cl2N3O4. The molecule has 1 saturated heterocycles. The lowest BCUT2D eigenvalue weighted by atomic mass is 10.0. The summed E-state index contributed by atoms with van der Waals surface area (Å²) < 4.78 is 0. The lowest BCUT2D eigenvalue weighted by molar-refractivity contribution is -0.150. The van der Waals surface area contributed by atoms with Gasteiger partial charge in [-0.15, -0.1) is 0 Å². The number of hydrogen-bond donors (Lipinski definition) is 1. The topological polar surface area (TPSA) is 86.8 Å². The first kappa shape index (κ1) is 21.3. The van der Waals surface area contributed by atoms with Gasteiger partial charge in [0.15, 0.2) is 0 Å². The van der Waals surface area contributed by atoms with E-state index in [0.717, 1.165) is 16.0 Å². The van der Waals surface area contributed by atoms with Crippen LogP contribution in [0.25, 0.3) is 0 Å². The molecule has 0 aliphatic carbocycles. The van der Waals surface area contributed by atoms with Crippen molar-refractivity contribution < 1.29 is 19.2 Å². The van der Waals surface area contributed by atoms with Crippen LogP contribution in [0.3, 0.4) is 0 Å². The molecule has 9 heteroatoms. The van der Waals surface area contributed by atoms with E-state index in [2.05, 4.69) is 5.32 Å². The summed E-state index contributed by atoms with van der Waals surface area (Å²) in [5.74, 6) is -1.10. The molecule has 1 atom stereocenters. The number of piperidine rings is 1. The van der Waals surface area contributed by atoms with Crippen LogP contribution in [0, 0.1) is 0 Å². The SMILES string of the molecule is CN1C(=O)CCC(N2Cc3cc(CNC(=O)c4ccc(Cl)c(Cl)c4)ccc3C2=O)C1=O. The van der Waals surface area contributed by atoms with Gasteiger partial charge in [0.2, 0.25) is 5.91 Å². The zero-order valence-electron chi connectivity index (χ0n) is 16.7. The lowest BCUT2D eigenvalue weighted by Gasteiger charge is -2.33.